The minimum Gasteiger partial charge on any atom is -0.502 e. The Balaban J connectivity index is 2.11. The molecule has 1 amide bonds. The third-order valence-corrected chi connectivity index (χ3v) is 5.13. The van der Waals surface area contributed by atoms with E-state index in [0.717, 1.165) is 22.9 Å². The van der Waals surface area contributed by atoms with Crippen LogP contribution in [0.1, 0.15) is 28.5 Å². The summed E-state index contributed by atoms with van der Waals surface area (Å²) in [6, 6.07) is 17.1. The number of nitrogens with zero attached hydrogens (tertiary/aromatic N) is 3. The maximum absolute atomic E-state index is 12.8. The normalized spacial score (nSPS) is 15.2. The van der Waals surface area contributed by atoms with Crippen LogP contribution in [0.4, 0.5) is 0 Å². The second kappa shape index (κ2) is 7.56. The molecule has 4 rings (SSSR count). The summed E-state index contributed by atoms with van der Waals surface area (Å²) in [6.07, 6.45) is 1.02. The second-order valence-electron chi connectivity index (χ2n) is 6.64. The van der Waals surface area contributed by atoms with Gasteiger partial charge in [-0.15, -0.1) is 0 Å². The van der Waals surface area contributed by atoms with E-state index in [4.69, 9.17) is 11.6 Å². The summed E-state index contributed by atoms with van der Waals surface area (Å²) in [5, 5.41) is 15.1. The Labute approximate surface area is 172 Å². The van der Waals surface area contributed by atoms with Crippen molar-refractivity contribution in [3.63, 3.8) is 0 Å². The number of carbonyl (C=O) groups excluding carboxylic acids is 1. The molecule has 1 aromatic heterocycles. The van der Waals surface area contributed by atoms with Gasteiger partial charge in [0.2, 0.25) is 5.43 Å². The minimum atomic E-state index is -0.689. The quantitative estimate of drug-likeness (QED) is 0.721. The van der Waals surface area contributed by atoms with Gasteiger partial charge in [-0.1, -0.05) is 54.1 Å². The molecule has 0 bridgehead atoms. The maximum Gasteiger partial charge on any atom is 0.276 e. The largest absolute Gasteiger partial charge is 0.502 e. The van der Waals surface area contributed by atoms with Crippen molar-refractivity contribution < 1.29 is 9.90 Å². The first-order valence-corrected chi connectivity index (χ1v) is 9.54. The van der Waals surface area contributed by atoms with E-state index in [0.29, 0.717) is 17.3 Å². The number of benzene rings is 2. The Morgan fingerprint density at radius 1 is 1.10 bits per heavy atom. The average Bonchev–Trinajstić information content (AvgIpc) is 2.73. The van der Waals surface area contributed by atoms with E-state index in [1.54, 1.807) is 11.0 Å². The molecule has 0 saturated heterocycles. The summed E-state index contributed by atoms with van der Waals surface area (Å²) in [4.78, 5) is 26.4. The smallest absolute Gasteiger partial charge is 0.276 e. The molecule has 0 radical (unpaired) electrons. The highest BCUT2D eigenvalue weighted by Gasteiger charge is 2.33. The summed E-state index contributed by atoms with van der Waals surface area (Å²) in [5.74, 6) is -1.03. The molecule has 2 heterocycles. The number of aromatic nitrogens is 2. The first kappa shape index (κ1) is 19.0. The zero-order valence-electron chi connectivity index (χ0n) is 15.7. The molecule has 0 spiro atoms. The molecule has 7 heteroatoms. The predicted octanol–water partition coefficient (Wildman–Crippen LogP) is 3.49. The van der Waals surface area contributed by atoms with Crippen LogP contribution < -0.4 is 5.43 Å². The van der Waals surface area contributed by atoms with Gasteiger partial charge in [-0.3, -0.25) is 9.59 Å². The molecule has 29 heavy (non-hydrogen) atoms. The Hall–Kier alpha value is -3.38. The van der Waals surface area contributed by atoms with E-state index < -0.39 is 17.1 Å². The molecule has 0 fully saturated rings. The molecule has 2 aromatic carbocycles. The lowest BCUT2D eigenvalue weighted by Crippen LogP contribution is -2.42. The van der Waals surface area contributed by atoms with Crippen molar-refractivity contribution in [1.29, 1.82) is 0 Å². The molecule has 0 atom stereocenters. The van der Waals surface area contributed by atoms with Crippen molar-refractivity contribution in [3.8, 4) is 5.75 Å². The van der Waals surface area contributed by atoms with Gasteiger partial charge in [0.25, 0.3) is 5.91 Å². The average molecular weight is 408 g/mol. The molecular formula is C22H18ClN3O3. The van der Waals surface area contributed by atoms with Crippen molar-refractivity contribution in [1.82, 2.24) is 14.7 Å². The standard InChI is InChI=1S/C22H18ClN3O3/c1-2-25-13-17(26-20(22(25)29)21(28)18(27)12-24-26)19(14-7-4-3-5-8-14)15-9-6-10-16(23)11-15/h3-12,28H,2,13H2,1H3/b19-17+. The van der Waals surface area contributed by atoms with Crippen LogP contribution >= 0.6 is 11.6 Å². The van der Waals surface area contributed by atoms with Crippen molar-refractivity contribution in [2.45, 2.75) is 6.92 Å². The summed E-state index contributed by atoms with van der Waals surface area (Å²) < 4.78 is 1.37. The van der Waals surface area contributed by atoms with Gasteiger partial charge in [0, 0.05) is 17.1 Å². The summed E-state index contributed by atoms with van der Waals surface area (Å²) in [6.45, 7) is 2.54. The number of hydrogen-bond acceptors (Lipinski definition) is 4. The van der Waals surface area contributed by atoms with Crippen LogP contribution in [-0.2, 0) is 0 Å². The summed E-state index contributed by atoms with van der Waals surface area (Å²) >= 11 is 6.25. The monoisotopic (exact) mass is 407 g/mol. The first-order chi connectivity index (χ1) is 14.0. The van der Waals surface area contributed by atoms with Crippen LogP contribution in [-0.4, -0.2) is 38.8 Å². The maximum atomic E-state index is 12.8. The fraction of sp³-hybridized carbons (Fsp3) is 0.136. The second-order valence-corrected chi connectivity index (χ2v) is 7.07. The summed E-state index contributed by atoms with van der Waals surface area (Å²) in [7, 11) is 0. The Bertz CT molecular complexity index is 1190. The van der Waals surface area contributed by atoms with Crippen LogP contribution in [0.2, 0.25) is 5.02 Å². The van der Waals surface area contributed by atoms with E-state index >= 15 is 0 Å². The van der Waals surface area contributed by atoms with Crippen LogP contribution in [0, 0.1) is 0 Å². The predicted molar refractivity (Wildman–Crippen MR) is 112 cm³/mol. The topological polar surface area (TPSA) is 75.4 Å². The number of likely N-dealkylation sites (N-methyl/N-ethyl adjacent to an activating group) is 1. The third-order valence-electron chi connectivity index (χ3n) is 4.89. The highest BCUT2D eigenvalue weighted by Crippen LogP contribution is 2.34. The van der Waals surface area contributed by atoms with Crippen LogP contribution in [0.5, 0.6) is 5.75 Å². The number of carbonyl (C=O) groups is 1. The van der Waals surface area contributed by atoms with Gasteiger partial charge in [-0.05, 0) is 30.2 Å². The van der Waals surface area contributed by atoms with E-state index in [9.17, 15) is 14.7 Å². The van der Waals surface area contributed by atoms with Gasteiger partial charge in [-0.2, -0.15) is 5.10 Å². The van der Waals surface area contributed by atoms with Crippen LogP contribution in [0.15, 0.2) is 65.6 Å². The fourth-order valence-electron chi connectivity index (χ4n) is 3.50. The zero-order valence-corrected chi connectivity index (χ0v) is 16.4. The zero-order chi connectivity index (χ0) is 20.5. The van der Waals surface area contributed by atoms with Crippen LogP contribution in [0.3, 0.4) is 0 Å². The fourth-order valence-corrected chi connectivity index (χ4v) is 3.69. The first-order valence-electron chi connectivity index (χ1n) is 9.16. The number of rotatable bonds is 3. The van der Waals surface area contributed by atoms with E-state index in [1.807, 2.05) is 55.5 Å². The molecule has 1 aliphatic heterocycles. The highest BCUT2D eigenvalue weighted by atomic mass is 35.5. The molecule has 1 aliphatic rings. The van der Waals surface area contributed by atoms with Crippen molar-refractivity contribution in [3.05, 3.63) is 92.9 Å². The lowest BCUT2D eigenvalue weighted by Gasteiger charge is -2.32. The summed E-state index contributed by atoms with van der Waals surface area (Å²) in [5.41, 5.74) is 2.42. The molecule has 3 aromatic rings. The molecule has 0 saturated carbocycles. The van der Waals surface area contributed by atoms with E-state index in [-0.39, 0.29) is 12.2 Å². The SMILES string of the molecule is CCN1C/C(=C(/c2ccccc2)c2cccc(Cl)c2)n2ncc(=O)c(O)c2C1=O. The molecule has 146 valence electrons. The Morgan fingerprint density at radius 2 is 1.83 bits per heavy atom. The van der Waals surface area contributed by atoms with Gasteiger partial charge in [0.05, 0.1) is 18.4 Å². The number of amides is 1. The van der Waals surface area contributed by atoms with Crippen molar-refractivity contribution >= 4 is 28.8 Å². The third kappa shape index (κ3) is 3.32. The number of halogens is 1. The van der Waals surface area contributed by atoms with Gasteiger partial charge in [-0.25, -0.2) is 4.68 Å². The van der Waals surface area contributed by atoms with Gasteiger partial charge in [0.1, 0.15) is 0 Å². The number of fused-ring (bicyclic) bond motifs is 1. The van der Waals surface area contributed by atoms with Gasteiger partial charge < -0.3 is 10.0 Å². The molecule has 1 N–H and O–H groups in total. The van der Waals surface area contributed by atoms with E-state index in [2.05, 4.69) is 5.10 Å². The molecule has 6 nitrogen and oxygen atoms in total. The Morgan fingerprint density at radius 3 is 2.52 bits per heavy atom. The number of aromatic hydroxyl groups is 1. The minimum absolute atomic E-state index is 0.129. The van der Waals surface area contributed by atoms with Crippen LogP contribution in [0.25, 0.3) is 11.3 Å². The lowest BCUT2D eigenvalue weighted by molar-refractivity contribution is 0.0752. The van der Waals surface area contributed by atoms with Gasteiger partial charge in [0.15, 0.2) is 11.4 Å². The lowest BCUT2D eigenvalue weighted by atomic mass is 9.94. The molecule has 0 unspecified atom stereocenters. The molecular weight excluding hydrogens is 390 g/mol. The van der Waals surface area contributed by atoms with Crippen molar-refractivity contribution in [2.75, 3.05) is 13.1 Å². The number of hydrogen-bond donors (Lipinski definition) is 1. The van der Waals surface area contributed by atoms with E-state index in [1.165, 1.54) is 4.68 Å². The van der Waals surface area contributed by atoms with Crippen molar-refractivity contribution in [2.24, 2.45) is 0 Å². The molecule has 0 aliphatic carbocycles. The Kier molecular flexibility index (Phi) is 4.94. The highest BCUT2D eigenvalue weighted by molar-refractivity contribution is 6.30. The van der Waals surface area contributed by atoms with Gasteiger partial charge >= 0.3 is 0 Å².